The van der Waals surface area contributed by atoms with E-state index in [2.05, 4.69) is 5.32 Å². The molecule has 0 bridgehead atoms. The van der Waals surface area contributed by atoms with Gasteiger partial charge in [-0.15, -0.1) is 0 Å². The summed E-state index contributed by atoms with van der Waals surface area (Å²) in [6.45, 7) is 1.88. The van der Waals surface area contributed by atoms with Crippen molar-refractivity contribution in [1.29, 1.82) is 0 Å². The molecule has 1 aromatic carbocycles. The first kappa shape index (κ1) is 16.9. The van der Waals surface area contributed by atoms with Crippen LogP contribution < -0.4 is 5.32 Å². The van der Waals surface area contributed by atoms with E-state index in [9.17, 15) is 14.4 Å². The van der Waals surface area contributed by atoms with Gasteiger partial charge < -0.3 is 10.1 Å². The number of amides is 1. The van der Waals surface area contributed by atoms with Crippen LogP contribution >= 0.6 is 0 Å². The number of carbonyl (C=O) groups is 3. The zero-order valence-corrected chi connectivity index (χ0v) is 12.3. The number of rotatable bonds is 9. The maximum Gasteiger partial charge on any atom is 0.306 e. The Morgan fingerprint density at radius 1 is 1.05 bits per heavy atom. The molecule has 0 aliphatic heterocycles. The quantitative estimate of drug-likeness (QED) is 0.429. The van der Waals surface area contributed by atoms with Crippen molar-refractivity contribution < 1.29 is 19.1 Å². The molecule has 114 valence electrons. The molecule has 0 saturated carbocycles. The van der Waals surface area contributed by atoms with E-state index in [-0.39, 0.29) is 24.3 Å². The Labute approximate surface area is 124 Å². The number of ether oxygens (including phenoxy) is 1. The number of Topliss-reactive ketones (excluding diaryl/α,β-unsaturated/α-hetero) is 1. The van der Waals surface area contributed by atoms with Crippen LogP contribution in [0.1, 0.15) is 43.0 Å². The second-order valence-electron chi connectivity index (χ2n) is 4.74. The monoisotopic (exact) mass is 291 g/mol. The maximum absolute atomic E-state index is 11.7. The molecule has 0 heterocycles. The first-order valence-corrected chi connectivity index (χ1v) is 7.08. The van der Waals surface area contributed by atoms with Crippen molar-refractivity contribution in [2.24, 2.45) is 0 Å². The number of esters is 1. The van der Waals surface area contributed by atoms with Gasteiger partial charge >= 0.3 is 5.97 Å². The predicted octanol–water partition coefficient (Wildman–Crippen LogP) is 2.11. The summed E-state index contributed by atoms with van der Waals surface area (Å²) in [4.78, 5) is 33.8. The van der Waals surface area contributed by atoms with Gasteiger partial charge in [0.1, 0.15) is 0 Å². The Hall–Kier alpha value is -2.17. The van der Waals surface area contributed by atoms with Gasteiger partial charge in [-0.3, -0.25) is 14.4 Å². The number of carbonyl (C=O) groups excluding carboxylic acids is 3. The molecule has 0 aliphatic rings. The highest BCUT2D eigenvalue weighted by atomic mass is 16.5. The predicted molar refractivity (Wildman–Crippen MR) is 78.9 cm³/mol. The lowest BCUT2D eigenvalue weighted by atomic mass is 10.1. The number of hydrogen-bond donors (Lipinski definition) is 1. The fraction of sp³-hybridized carbons (Fsp3) is 0.438. The fourth-order valence-corrected chi connectivity index (χ4v) is 1.76. The van der Waals surface area contributed by atoms with Gasteiger partial charge in [0.2, 0.25) is 5.91 Å². The van der Waals surface area contributed by atoms with E-state index in [1.807, 2.05) is 6.07 Å². The van der Waals surface area contributed by atoms with Crippen LogP contribution in [0.3, 0.4) is 0 Å². The molecule has 1 amide bonds. The van der Waals surface area contributed by atoms with E-state index in [1.165, 1.54) is 6.92 Å². The lowest BCUT2D eigenvalue weighted by Gasteiger charge is -2.05. The Kier molecular flexibility index (Phi) is 7.79. The zero-order chi connectivity index (χ0) is 15.5. The van der Waals surface area contributed by atoms with E-state index >= 15 is 0 Å². The molecule has 1 N–H and O–H groups in total. The average molecular weight is 291 g/mol. The van der Waals surface area contributed by atoms with Crippen LogP contribution in [-0.4, -0.2) is 30.8 Å². The van der Waals surface area contributed by atoms with Crippen molar-refractivity contribution in [1.82, 2.24) is 5.32 Å². The van der Waals surface area contributed by atoms with Crippen LogP contribution in [0, 0.1) is 0 Å². The highest BCUT2D eigenvalue weighted by molar-refractivity contribution is 5.97. The molecule has 1 aromatic rings. The Morgan fingerprint density at radius 2 is 1.76 bits per heavy atom. The summed E-state index contributed by atoms with van der Waals surface area (Å²) in [6.07, 6.45) is 2.65. The summed E-state index contributed by atoms with van der Waals surface area (Å²) >= 11 is 0. The van der Waals surface area contributed by atoms with Crippen molar-refractivity contribution in [3.8, 4) is 0 Å². The smallest absolute Gasteiger partial charge is 0.306 e. The van der Waals surface area contributed by atoms with Gasteiger partial charge in [-0.1, -0.05) is 36.8 Å². The minimum absolute atomic E-state index is 0.0474. The van der Waals surface area contributed by atoms with Crippen LogP contribution in [0.25, 0.3) is 0 Å². The minimum Gasteiger partial charge on any atom is -0.457 e. The first-order chi connectivity index (χ1) is 10.1. The first-order valence-electron chi connectivity index (χ1n) is 7.08. The topological polar surface area (TPSA) is 72.5 Å². The van der Waals surface area contributed by atoms with Crippen LogP contribution in [-0.2, 0) is 14.3 Å². The summed E-state index contributed by atoms with van der Waals surface area (Å²) in [5.41, 5.74) is 0.542. The fourth-order valence-electron chi connectivity index (χ4n) is 1.76. The third-order valence-electron chi connectivity index (χ3n) is 2.89. The number of nitrogens with one attached hydrogen (secondary N) is 1. The van der Waals surface area contributed by atoms with Crippen molar-refractivity contribution in [2.75, 3.05) is 13.2 Å². The lowest BCUT2D eigenvalue weighted by Crippen LogP contribution is -2.20. The van der Waals surface area contributed by atoms with Gasteiger partial charge in [-0.05, 0) is 12.8 Å². The van der Waals surface area contributed by atoms with Crippen LogP contribution in [0.2, 0.25) is 0 Å². The molecule has 1 rings (SSSR count). The number of benzene rings is 1. The third kappa shape index (κ3) is 7.87. The molecule has 0 unspecified atom stereocenters. The van der Waals surface area contributed by atoms with Crippen molar-refractivity contribution in [3.63, 3.8) is 0 Å². The Morgan fingerprint density at radius 3 is 2.43 bits per heavy atom. The summed E-state index contributed by atoms with van der Waals surface area (Å²) < 4.78 is 4.94. The molecule has 0 fully saturated rings. The summed E-state index contributed by atoms with van der Waals surface area (Å²) in [7, 11) is 0. The van der Waals surface area contributed by atoms with Gasteiger partial charge in [-0.2, -0.15) is 0 Å². The molecule has 0 radical (unpaired) electrons. The zero-order valence-electron chi connectivity index (χ0n) is 12.3. The molecular formula is C16H21NO4. The van der Waals surface area contributed by atoms with Crippen molar-refractivity contribution in [2.45, 2.75) is 32.6 Å². The molecule has 0 atom stereocenters. The second kappa shape index (κ2) is 9.69. The van der Waals surface area contributed by atoms with E-state index in [1.54, 1.807) is 24.3 Å². The Balaban J connectivity index is 2.09. The number of hydrogen-bond acceptors (Lipinski definition) is 4. The Bertz CT molecular complexity index is 470. The van der Waals surface area contributed by atoms with Gasteiger partial charge in [0.15, 0.2) is 12.4 Å². The van der Waals surface area contributed by atoms with Gasteiger partial charge in [0, 0.05) is 25.5 Å². The molecule has 21 heavy (non-hydrogen) atoms. The van der Waals surface area contributed by atoms with Gasteiger partial charge in [0.05, 0.1) is 0 Å². The van der Waals surface area contributed by atoms with Crippen molar-refractivity contribution in [3.05, 3.63) is 35.9 Å². The highest BCUT2D eigenvalue weighted by Gasteiger charge is 2.09. The largest absolute Gasteiger partial charge is 0.457 e. The van der Waals surface area contributed by atoms with E-state index < -0.39 is 0 Å². The highest BCUT2D eigenvalue weighted by Crippen LogP contribution is 2.03. The third-order valence-corrected chi connectivity index (χ3v) is 2.89. The maximum atomic E-state index is 11.7. The molecule has 5 heteroatoms. The van der Waals surface area contributed by atoms with Gasteiger partial charge in [0.25, 0.3) is 0 Å². The van der Waals surface area contributed by atoms with Crippen LogP contribution in [0.4, 0.5) is 0 Å². The summed E-state index contributed by atoms with van der Waals surface area (Å²) in [5, 5.41) is 2.69. The summed E-state index contributed by atoms with van der Waals surface area (Å²) in [6, 6.07) is 8.74. The van der Waals surface area contributed by atoms with E-state index in [4.69, 9.17) is 4.74 Å². The molecule has 0 aromatic heterocycles. The molecule has 0 aliphatic carbocycles. The lowest BCUT2D eigenvalue weighted by molar-refractivity contribution is -0.142. The van der Waals surface area contributed by atoms with Crippen LogP contribution in [0.5, 0.6) is 0 Å². The van der Waals surface area contributed by atoms with Crippen molar-refractivity contribution >= 4 is 17.7 Å². The minimum atomic E-state index is -0.362. The SMILES string of the molecule is CC(=O)NCCCCCC(=O)OCC(=O)c1ccccc1. The number of unbranched alkanes of at least 4 members (excludes halogenated alkanes) is 2. The normalized spacial score (nSPS) is 9.95. The second-order valence-corrected chi connectivity index (χ2v) is 4.74. The number of ketones is 1. The van der Waals surface area contributed by atoms with E-state index in [0.29, 0.717) is 24.9 Å². The standard InChI is InChI=1S/C16H21NO4/c1-13(18)17-11-7-3-6-10-16(20)21-12-15(19)14-8-4-2-5-9-14/h2,4-5,8-9H,3,6-7,10-12H2,1H3,(H,17,18). The molecule has 0 spiro atoms. The van der Waals surface area contributed by atoms with Crippen LogP contribution in [0.15, 0.2) is 30.3 Å². The molecule has 5 nitrogen and oxygen atoms in total. The summed E-state index contributed by atoms with van der Waals surface area (Å²) in [5.74, 6) is -0.609. The van der Waals surface area contributed by atoms with Gasteiger partial charge in [-0.25, -0.2) is 0 Å². The van der Waals surface area contributed by atoms with E-state index in [0.717, 1.165) is 12.8 Å². The molecular weight excluding hydrogens is 270 g/mol. The molecule has 0 saturated heterocycles. The average Bonchev–Trinajstić information content (AvgIpc) is 2.49.